The second-order valence-electron chi connectivity index (χ2n) is 4.51. The summed E-state index contributed by atoms with van der Waals surface area (Å²) >= 11 is 11.6. The molecule has 0 saturated carbocycles. The molecule has 1 aromatic carbocycles. The molecule has 2 N–H and O–H groups in total. The first-order valence-corrected chi connectivity index (χ1v) is 8.77. The molecule has 23 heavy (non-hydrogen) atoms. The lowest BCUT2D eigenvalue weighted by Crippen LogP contribution is -2.28. The summed E-state index contributed by atoms with van der Waals surface area (Å²) in [6.07, 6.45) is 3.05. The average molecular weight is 374 g/mol. The van der Waals surface area contributed by atoms with E-state index in [1.807, 2.05) is 0 Å². The summed E-state index contributed by atoms with van der Waals surface area (Å²) in [7, 11) is -3.84. The third-order valence-electron chi connectivity index (χ3n) is 2.79. The predicted molar refractivity (Wildman–Crippen MR) is 89.1 cm³/mol. The van der Waals surface area contributed by atoms with Crippen LogP contribution in [-0.2, 0) is 14.8 Å². The van der Waals surface area contributed by atoms with E-state index in [2.05, 4.69) is 15.0 Å². The summed E-state index contributed by atoms with van der Waals surface area (Å²) in [5.41, 5.74) is 0.589. The van der Waals surface area contributed by atoms with Crippen molar-refractivity contribution >= 4 is 44.8 Å². The molecule has 2 rings (SSSR count). The van der Waals surface area contributed by atoms with Gasteiger partial charge in [0.25, 0.3) is 0 Å². The Balaban J connectivity index is 1.92. The van der Waals surface area contributed by atoms with E-state index < -0.39 is 10.0 Å². The van der Waals surface area contributed by atoms with Crippen molar-refractivity contribution in [2.24, 2.45) is 0 Å². The molecule has 1 aromatic heterocycles. The van der Waals surface area contributed by atoms with Crippen LogP contribution < -0.4 is 10.0 Å². The number of nitrogens with one attached hydrogen (secondary N) is 2. The van der Waals surface area contributed by atoms with Crippen molar-refractivity contribution in [3.05, 3.63) is 52.8 Å². The summed E-state index contributed by atoms with van der Waals surface area (Å²) in [4.78, 5) is 15.4. The maximum atomic E-state index is 12.2. The lowest BCUT2D eigenvalue weighted by molar-refractivity contribution is -0.116. The number of nitrogens with zero attached hydrogens (tertiary/aromatic N) is 1. The molecule has 0 aliphatic heterocycles. The lowest BCUT2D eigenvalue weighted by atomic mass is 10.3. The number of hydrogen-bond acceptors (Lipinski definition) is 4. The third-order valence-corrected chi connectivity index (χ3v) is 4.97. The van der Waals surface area contributed by atoms with Gasteiger partial charge in [0.05, 0.1) is 5.02 Å². The van der Waals surface area contributed by atoms with Gasteiger partial charge in [0.1, 0.15) is 4.90 Å². The quantitative estimate of drug-likeness (QED) is 0.814. The van der Waals surface area contributed by atoms with Gasteiger partial charge in [0, 0.05) is 36.1 Å². The highest BCUT2D eigenvalue weighted by atomic mass is 35.5. The van der Waals surface area contributed by atoms with Crippen molar-refractivity contribution in [2.75, 3.05) is 11.9 Å². The summed E-state index contributed by atoms with van der Waals surface area (Å²) in [5.74, 6) is -0.323. The number of aromatic nitrogens is 1. The predicted octanol–water partition coefficient (Wildman–Crippen LogP) is 2.70. The van der Waals surface area contributed by atoms with Gasteiger partial charge in [-0.25, -0.2) is 13.1 Å². The Morgan fingerprint density at radius 2 is 1.83 bits per heavy atom. The van der Waals surface area contributed by atoms with Crippen molar-refractivity contribution in [1.29, 1.82) is 0 Å². The molecule has 1 amide bonds. The van der Waals surface area contributed by atoms with Gasteiger partial charge in [-0.3, -0.25) is 9.78 Å². The molecule has 2 aromatic rings. The zero-order valence-corrected chi connectivity index (χ0v) is 14.1. The minimum atomic E-state index is -3.84. The largest absolute Gasteiger partial charge is 0.326 e. The fourth-order valence-corrected chi connectivity index (χ4v) is 3.51. The first-order chi connectivity index (χ1) is 10.9. The van der Waals surface area contributed by atoms with E-state index in [-0.39, 0.29) is 33.8 Å². The van der Waals surface area contributed by atoms with Gasteiger partial charge >= 0.3 is 0 Å². The topological polar surface area (TPSA) is 88.2 Å². The number of amides is 1. The number of rotatable bonds is 6. The highest BCUT2D eigenvalue weighted by molar-refractivity contribution is 7.89. The van der Waals surface area contributed by atoms with E-state index in [4.69, 9.17) is 23.2 Å². The molecule has 0 bridgehead atoms. The summed E-state index contributed by atoms with van der Waals surface area (Å²) in [6.45, 7) is -0.0674. The molecule has 0 radical (unpaired) electrons. The van der Waals surface area contributed by atoms with Gasteiger partial charge in [-0.1, -0.05) is 23.2 Å². The van der Waals surface area contributed by atoms with Crippen LogP contribution >= 0.6 is 23.2 Å². The summed E-state index contributed by atoms with van der Waals surface area (Å²) in [6, 6.07) is 7.41. The normalized spacial score (nSPS) is 11.2. The van der Waals surface area contributed by atoms with Crippen LogP contribution in [0, 0.1) is 0 Å². The van der Waals surface area contributed by atoms with E-state index in [1.54, 1.807) is 24.5 Å². The maximum Gasteiger partial charge on any atom is 0.242 e. The minimum absolute atomic E-state index is 0.0280. The molecule has 0 aliphatic rings. The average Bonchev–Trinajstić information content (AvgIpc) is 2.50. The van der Waals surface area contributed by atoms with Crippen LogP contribution in [0.15, 0.2) is 47.6 Å². The van der Waals surface area contributed by atoms with Crippen molar-refractivity contribution < 1.29 is 13.2 Å². The zero-order valence-electron chi connectivity index (χ0n) is 11.8. The molecule has 6 nitrogen and oxygen atoms in total. The maximum absolute atomic E-state index is 12.2. The van der Waals surface area contributed by atoms with Crippen LogP contribution in [-0.4, -0.2) is 25.9 Å². The number of anilines is 1. The Labute approximate surface area is 143 Å². The van der Waals surface area contributed by atoms with Crippen LogP contribution in [0.4, 0.5) is 5.69 Å². The summed E-state index contributed by atoms with van der Waals surface area (Å²) < 4.78 is 26.6. The Bertz CT molecular complexity index is 798. The van der Waals surface area contributed by atoms with E-state index in [1.165, 1.54) is 18.2 Å². The number of carbonyl (C=O) groups is 1. The third kappa shape index (κ3) is 5.18. The first-order valence-electron chi connectivity index (χ1n) is 6.53. The summed E-state index contributed by atoms with van der Waals surface area (Å²) in [5, 5.41) is 2.94. The van der Waals surface area contributed by atoms with Crippen molar-refractivity contribution in [1.82, 2.24) is 9.71 Å². The fourth-order valence-electron chi connectivity index (χ4n) is 1.72. The van der Waals surface area contributed by atoms with Crippen LogP contribution in [0.3, 0.4) is 0 Å². The molecule has 0 spiro atoms. The zero-order chi connectivity index (χ0) is 16.9. The molecule has 0 fully saturated rings. The number of sulfonamides is 1. The van der Waals surface area contributed by atoms with Gasteiger partial charge < -0.3 is 5.32 Å². The first kappa shape index (κ1) is 17.7. The molecule has 122 valence electrons. The standard InChI is InChI=1S/C14H13Cl2N3O3S/c15-10-1-2-12(16)13(9-10)23(21,22)18-8-5-14(20)19-11-3-6-17-7-4-11/h1-4,6-7,9,18H,5,8H2,(H,17,19,20). The van der Waals surface area contributed by atoms with Crippen molar-refractivity contribution in [3.63, 3.8) is 0 Å². The highest BCUT2D eigenvalue weighted by Gasteiger charge is 2.18. The number of halogens is 2. The van der Waals surface area contributed by atoms with Crippen molar-refractivity contribution in [3.8, 4) is 0 Å². The monoisotopic (exact) mass is 373 g/mol. The Hall–Kier alpha value is -1.67. The van der Waals surface area contributed by atoms with Gasteiger partial charge in [0.15, 0.2) is 0 Å². The fraction of sp³-hybridized carbons (Fsp3) is 0.143. The van der Waals surface area contributed by atoms with Gasteiger partial charge in [-0.05, 0) is 30.3 Å². The van der Waals surface area contributed by atoms with Crippen LogP contribution in [0.1, 0.15) is 6.42 Å². The van der Waals surface area contributed by atoms with E-state index in [0.717, 1.165) is 0 Å². The molecular formula is C14H13Cl2N3O3S. The van der Waals surface area contributed by atoms with Gasteiger partial charge in [-0.15, -0.1) is 0 Å². The Kier molecular flexibility index (Phi) is 5.95. The lowest BCUT2D eigenvalue weighted by Gasteiger charge is -2.09. The van der Waals surface area contributed by atoms with E-state index >= 15 is 0 Å². The smallest absolute Gasteiger partial charge is 0.242 e. The van der Waals surface area contributed by atoms with Crippen LogP contribution in [0.2, 0.25) is 10.0 Å². The SMILES string of the molecule is O=C(CCNS(=O)(=O)c1cc(Cl)ccc1Cl)Nc1ccncc1. The van der Waals surface area contributed by atoms with E-state index in [9.17, 15) is 13.2 Å². The molecule has 0 atom stereocenters. The highest BCUT2D eigenvalue weighted by Crippen LogP contribution is 2.24. The molecule has 0 aliphatic carbocycles. The van der Waals surface area contributed by atoms with E-state index in [0.29, 0.717) is 5.69 Å². The Morgan fingerprint density at radius 1 is 1.13 bits per heavy atom. The van der Waals surface area contributed by atoms with Gasteiger partial charge in [0.2, 0.25) is 15.9 Å². The second kappa shape index (κ2) is 7.74. The molecule has 1 heterocycles. The minimum Gasteiger partial charge on any atom is -0.326 e. The molecular weight excluding hydrogens is 361 g/mol. The number of hydrogen-bond donors (Lipinski definition) is 2. The second-order valence-corrected chi connectivity index (χ2v) is 7.09. The molecule has 0 unspecified atom stereocenters. The number of carbonyl (C=O) groups excluding carboxylic acids is 1. The molecule has 0 saturated heterocycles. The van der Waals surface area contributed by atoms with Crippen LogP contribution in [0.25, 0.3) is 0 Å². The number of pyridine rings is 1. The van der Waals surface area contributed by atoms with Crippen molar-refractivity contribution in [2.45, 2.75) is 11.3 Å². The molecule has 9 heteroatoms. The van der Waals surface area contributed by atoms with Crippen LogP contribution in [0.5, 0.6) is 0 Å². The van der Waals surface area contributed by atoms with Gasteiger partial charge in [-0.2, -0.15) is 0 Å². The Morgan fingerprint density at radius 3 is 2.52 bits per heavy atom. The number of benzene rings is 1.